The first kappa shape index (κ1) is 10.7. The van der Waals surface area contributed by atoms with Gasteiger partial charge in [0, 0.05) is 12.6 Å². The smallest absolute Gasteiger partial charge is 0.0664 e. The molecular weight excluding hydrogens is 186 g/mol. The molecule has 2 heteroatoms. The molecule has 82 valence electrons. The first-order chi connectivity index (χ1) is 7.29. The van der Waals surface area contributed by atoms with Crippen LogP contribution < -0.4 is 0 Å². The van der Waals surface area contributed by atoms with Crippen molar-refractivity contribution in [3.8, 4) is 0 Å². The van der Waals surface area contributed by atoms with Crippen LogP contribution in [0.25, 0.3) is 0 Å². The molecule has 2 rings (SSSR count). The van der Waals surface area contributed by atoms with E-state index in [9.17, 15) is 0 Å². The summed E-state index contributed by atoms with van der Waals surface area (Å²) in [4.78, 5) is 2.51. The fourth-order valence-corrected chi connectivity index (χ4v) is 2.20. The van der Waals surface area contributed by atoms with E-state index in [4.69, 9.17) is 4.74 Å². The summed E-state index contributed by atoms with van der Waals surface area (Å²) in [5, 5.41) is 0. The highest BCUT2D eigenvalue weighted by molar-refractivity contribution is 5.19. The Labute approximate surface area is 91.9 Å². The van der Waals surface area contributed by atoms with Gasteiger partial charge in [-0.2, -0.15) is 0 Å². The maximum atomic E-state index is 5.58. The molecule has 0 N–H and O–H groups in total. The molecule has 2 nitrogen and oxygen atoms in total. The minimum absolute atomic E-state index is 0.431. The molecule has 1 aliphatic heterocycles. The summed E-state index contributed by atoms with van der Waals surface area (Å²) >= 11 is 0. The highest BCUT2D eigenvalue weighted by Crippen LogP contribution is 2.25. The highest BCUT2D eigenvalue weighted by atomic mass is 16.5. The molecule has 1 atom stereocenters. The molecule has 1 aromatic carbocycles. The zero-order valence-corrected chi connectivity index (χ0v) is 9.52. The van der Waals surface area contributed by atoms with E-state index in [0.29, 0.717) is 12.1 Å². The van der Waals surface area contributed by atoms with Gasteiger partial charge in [0.2, 0.25) is 0 Å². The Morgan fingerprint density at radius 3 is 2.67 bits per heavy atom. The van der Waals surface area contributed by atoms with Crippen molar-refractivity contribution in [2.75, 3.05) is 19.8 Å². The van der Waals surface area contributed by atoms with Crippen molar-refractivity contribution < 1.29 is 4.74 Å². The number of ether oxygens (including phenoxy) is 1. The molecule has 0 bridgehead atoms. The van der Waals surface area contributed by atoms with Crippen LogP contribution in [0.2, 0.25) is 0 Å². The molecular formula is C13H19NO. The number of hydrogen-bond acceptors (Lipinski definition) is 2. The Hall–Kier alpha value is -0.860. The SMILES string of the molecule is CC(C)N1CCOC[C@H]1c1ccccc1. The second kappa shape index (κ2) is 4.77. The molecule has 0 aliphatic carbocycles. The third-order valence-corrected chi connectivity index (χ3v) is 3.02. The van der Waals surface area contributed by atoms with Crippen LogP contribution >= 0.6 is 0 Å². The van der Waals surface area contributed by atoms with E-state index in [-0.39, 0.29) is 0 Å². The fraction of sp³-hybridized carbons (Fsp3) is 0.538. The number of benzene rings is 1. The summed E-state index contributed by atoms with van der Waals surface area (Å²) in [6, 6.07) is 11.7. The van der Waals surface area contributed by atoms with Crippen LogP contribution in [0.3, 0.4) is 0 Å². The standard InChI is InChI=1S/C13H19NO/c1-11(2)14-8-9-15-10-13(14)12-6-4-3-5-7-12/h3-7,11,13H,8-10H2,1-2H3/t13-/m0/s1. The Morgan fingerprint density at radius 1 is 1.27 bits per heavy atom. The van der Waals surface area contributed by atoms with Crippen LogP contribution in [0.15, 0.2) is 30.3 Å². The predicted octanol–water partition coefficient (Wildman–Crippen LogP) is 2.47. The zero-order valence-electron chi connectivity index (χ0n) is 9.52. The number of hydrogen-bond donors (Lipinski definition) is 0. The lowest BCUT2D eigenvalue weighted by Crippen LogP contribution is -2.43. The zero-order chi connectivity index (χ0) is 10.7. The predicted molar refractivity (Wildman–Crippen MR) is 61.8 cm³/mol. The molecule has 1 heterocycles. The van der Waals surface area contributed by atoms with Gasteiger partial charge in [-0.15, -0.1) is 0 Å². The molecule has 0 unspecified atom stereocenters. The quantitative estimate of drug-likeness (QED) is 0.735. The largest absolute Gasteiger partial charge is 0.378 e. The van der Waals surface area contributed by atoms with Crippen molar-refractivity contribution in [2.24, 2.45) is 0 Å². The van der Waals surface area contributed by atoms with Gasteiger partial charge in [-0.3, -0.25) is 4.90 Å². The summed E-state index contributed by atoms with van der Waals surface area (Å²) < 4.78 is 5.58. The summed E-state index contributed by atoms with van der Waals surface area (Å²) in [6.45, 7) is 7.23. The maximum absolute atomic E-state index is 5.58. The monoisotopic (exact) mass is 205 g/mol. The lowest BCUT2D eigenvalue weighted by Gasteiger charge is -2.38. The number of nitrogens with zero attached hydrogens (tertiary/aromatic N) is 1. The molecule has 15 heavy (non-hydrogen) atoms. The van der Waals surface area contributed by atoms with E-state index in [1.807, 2.05) is 0 Å². The molecule has 0 spiro atoms. The summed E-state index contributed by atoms with van der Waals surface area (Å²) in [6.07, 6.45) is 0. The Kier molecular flexibility index (Phi) is 3.39. The van der Waals surface area contributed by atoms with E-state index in [2.05, 4.69) is 49.1 Å². The van der Waals surface area contributed by atoms with Gasteiger partial charge in [0.25, 0.3) is 0 Å². The third-order valence-electron chi connectivity index (χ3n) is 3.02. The molecule has 0 aromatic heterocycles. The average molecular weight is 205 g/mol. The Morgan fingerprint density at radius 2 is 2.00 bits per heavy atom. The lowest BCUT2D eigenvalue weighted by molar-refractivity contribution is -0.0233. The van der Waals surface area contributed by atoms with E-state index in [0.717, 1.165) is 19.8 Å². The average Bonchev–Trinajstić information content (AvgIpc) is 2.30. The van der Waals surface area contributed by atoms with Gasteiger partial charge < -0.3 is 4.74 Å². The van der Waals surface area contributed by atoms with Crippen LogP contribution in [0.1, 0.15) is 25.5 Å². The minimum atomic E-state index is 0.431. The van der Waals surface area contributed by atoms with Crippen molar-refractivity contribution in [1.29, 1.82) is 0 Å². The molecule has 0 saturated carbocycles. The lowest BCUT2D eigenvalue weighted by atomic mass is 10.0. The third kappa shape index (κ3) is 2.39. The highest BCUT2D eigenvalue weighted by Gasteiger charge is 2.25. The number of morpholine rings is 1. The van der Waals surface area contributed by atoms with Crippen LogP contribution in [-0.4, -0.2) is 30.7 Å². The van der Waals surface area contributed by atoms with Gasteiger partial charge in [-0.25, -0.2) is 0 Å². The maximum Gasteiger partial charge on any atom is 0.0664 e. The normalized spacial score (nSPS) is 23.3. The van der Waals surface area contributed by atoms with Gasteiger partial charge >= 0.3 is 0 Å². The van der Waals surface area contributed by atoms with E-state index in [1.165, 1.54) is 5.56 Å². The number of rotatable bonds is 2. The van der Waals surface area contributed by atoms with Crippen LogP contribution in [0, 0.1) is 0 Å². The van der Waals surface area contributed by atoms with E-state index >= 15 is 0 Å². The van der Waals surface area contributed by atoms with Gasteiger partial charge in [-0.05, 0) is 19.4 Å². The second-order valence-corrected chi connectivity index (χ2v) is 4.33. The summed E-state index contributed by atoms with van der Waals surface area (Å²) in [7, 11) is 0. The van der Waals surface area contributed by atoms with Crippen molar-refractivity contribution in [2.45, 2.75) is 25.9 Å². The Balaban J connectivity index is 2.18. The van der Waals surface area contributed by atoms with Crippen molar-refractivity contribution in [1.82, 2.24) is 4.90 Å². The topological polar surface area (TPSA) is 12.5 Å². The van der Waals surface area contributed by atoms with E-state index < -0.39 is 0 Å². The van der Waals surface area contributed by atoms with Gasteiger partial charge in [0.05, 0.1) is 19.3 Å². The first-order valence-electron chi connectivity index (χ1n) is 5.67. The summed E-state index contributed by atoms with van der Waals surface area (Å²) in [5.74, 6) is 0. The second-order valence-electron chi connectivity index (χ2n) is 4.33. The van der Waals surface area contributed by atoms with Gasteiger partial charge in [-0.1, -0.05) is 30.3 Å². The molecule has 1 fully saturated rings. The Bertz CT molecular complexity index is 297. The molecule has 0 radical (unpaired) electrons. The molecule has 1 aromatic rings. The molecule has 1 aliphatic rings. The minimum Gasteiger partial charge on any atom is -0.378 e. The summed E-state index contributed by atoms with van der Waals surface area (Å²) in [5.41, 5.74) is 1.37. The van der Waals surface area contributed by atoms with Gasteiger partial charge in [0.15, 0.2) is 0 Å². The fourth-order valence-electron chi connectivity index (χ4n) is 2.20. The van der Waals surface area contributed by atoms with Crippen molar-refractivity contribution in [3.63, 3.8) is 0 Å². The van der Waals surface area contributed by atoms with Crippen LogP contribution in [-0.2, 0) is 4.74 Å². The molecule has 0 amide bonds. The molecule has 1 saturated heterocycles. The van der Waals surface area contributed by atoms with Crippen LogP contribution in [0.5, 0.6) is 0 Å². The van der Waals surface area contributed by atoms with Gasteiger partial charge in [0.1, 0.15) is 0 Å². The first-order valence-corrected chi connectivity index (χ1v) is 5.67. The van der Waals surface area contributed by atoms with Crippen molar-refractivity contribution in [3.05, 3.63) is 35.9 Å². The van der Waals surface area contributed by atoms with Crippen molar-refractivity contribution >= 4 is 0 Å². The van der Waals surface area contributed by atoms with E-state index in [1.54, 1.807) is 0 Å². The van der Waals surface area contributed by atoms with Crippen LogP contribution in [0.4, 0.5) is 0 Å².